The van der Waals surface area contributed by atoms with Crippen molar-refractivity contribution in [2.75, 3.05) is 13.1 Å². The molecule has 2 aromatic rings. The first kappa shape index (κ1) is 16.4. The minimum Gasteiger partial charge on any atom is -0.289 e. The molecule has 0 aromatic heterocycles. The van der Waals surface area contributed by atoms with E-state index >= 15 is 0 Å². The molecular weight excluding hydrogens is 298 g/mol. The zero-order valence-corrected chi connectivity index (χ0v) is 13.5. The molecule has 2 aromatic carbocycles. The molecule has 0 saturated heterocycles. The zero-order valence-electron chi connectivity index (χ0n) is 12.7. The lowest BCUT2D eigenvalue weighted by Crippen LogP contribution is -2.30. The number of carbonyl (C=O) groups excluding carboxylic acids is 1. The van der Waals surface area contributed by atoms with Gasteiger partial charge in [-0.1, -0.05) is 44.2 Å². The monoisotopic (exact) mass is 317 g/mol. The smallest absolute Gasteiger partial charge is 0.243 e. The van der Waals surface area contributed by atoms with Gasteiger partial charge in [-0.2, -0.15) is 4.31 Å². The molecule has 0 amide bonds. The van der Waals surface area contributed by atoms with Gasteiger partial charge in [-0.3, -0.25) is 4.79 Å². The quantitative estimate of drug-likeness (QED) is 0.770. The van der Waals surface area contributed by atoms with Crippen LogP contribution in [-0.2, 0) is 10.0 Å². The summed E-state index contributed by atoms with van der Waals surface area (Å²) in [5.41, 5.74) is 1.06. The number of benzene rings is 2. The minimum atomic E-state index is -3.49. The van der Waals surface area contributed by atoms with Crippen LogP contribution < -0.4 is 0 Å². The molecule has 0 aliphatic heterocycles. The van der Waals surface area contributed by atoms with Crippen molar-refractivity contribution in [2.24, 2.45) is 0 Å². The van der Waals surface area contributed by atoms with Crippen LogP contribution in [0, 0.1) is 0 Å². The molecule has 116 valence electrons. The lowest BCUT2D eigenvalue weighted by molar-refractivity contribution is 0.103. The number of hydrogen-bond donors (Lipinski definition) is 0. The van der Waals surface area contributed by atoms with Gasteiger partial charge in [0.25, 0.3) is 0 Å². The fourth-order valence-electron chi connectivity index (χ4n) is 2.25. The lowest BCUT2D eigenvalue weighted by atomic mass is 10.0. The van der Waals surface area contributed by atoms with E-state index in [-0.39, 0.29) is 10.7 Å². The fourth-order valence-corrected chi connectivity index (χ4v) is 3.71. The summed E-state index contributed by atoms with van der Waals surface area (Å²) in [5, 5.41) is 0. The van der Waals surface area contributed by atoms with Crippen LogP contribution in [0.15, 0.2) is 59.5 Å². The molecule has 0 fully saturated rings. The van der Waals surface area contributed by atoms with Crippen molar-refractivity contribution < 1.29 is 13.2 Å². The number of rotatable bonds is 6. The van der Waals surface area contributed by atoms with Gasteiger partial charge in [0.15, 0.2) is 5.78 Å². The summed E-state index contributed by atoms with van der Waals surface area (Å²) >= 11 is 0. The Balaban J connectivity index is 2.30. The summed E-state index contributed by atoms with van der Waals surface area (Å²) < 4.78 is 26.2. The fraction of sp³-hybridized carbons (Fsp3) is 0.235. The molecule has 0 radical (unpaired) electrons. The molecule has 0 aliphatic rings. The van der Waals surface area contributed by atoms with Crippen molar-refractivity contribution in [3.8, 4) is 0 Å². The first-order valence-corrected chi connectivity index (χ1v) is 8.64. The first-order valence-electron chi connectivity index (χ1n) is 7.20. The second kappa shape index (κ2) is 6.85. The number of hydrogen-bond acceptors (Lipinski definition) is 3. The zero-order chi connectivity index (χ0) is 16.2. The summed E-state index contributed by atoms with van der Waals surface area (Å²) in [6.45, 7) is 4.44. The molecule has 2 rings (SSSR count). The van der Waals surface area contributed by atoms with Gasteiger partial charge in [0.1, 0.15) is 0 Å². The van der Waals surface area contributed by atoms with Crippen LogP contribution in [0.25, 0.3) is 0 Å². The molecule has 0 atom stereocenters. The highest BCUT2D eigenvalue weighted by Gasteiger charge is 2.21. The van der Waals surface area contributed by atoms with Gasteiger partial charge in [-0.05, 0) is 24.3 Å². The molecule has 0 bridgehead atoms. The van der Waals surface area contributed by atoms with Gasteiger partial charge >= 0.3 is 0 Å². The number of nitrogens with zero attached hydrogens (tertiary/aromatic N) is 1. The van der Waals surface area contributed by atoms with Crippen LogP contribution in [0.4, 0.5) is 0 Å². The largest absolute Gasteiger partial charge is 0.289 e. The Morgan fingerprint density at radius 2 is 1.36 bits per heavy atom. The topological polar surface area (TPSA) is 54.5 Å². The van der Waals surface area contributed by atoms with Crippen LogP contribution in [0.2, 0.25) is 0 Å². The van der Waals surface area contributed by atoms with Crippen LogP contribution in [0.5, 0.6) is 0 Å². The van der Waals surface area contributed by atoms with Crippen LogP contribution in [0.3, 0.4) is 0 Å². The number of sulfonamides is 1. The highest BCUT2D eigenvalue weighted by molar-refractivity contribution is 7.89. The summed E-state index contributed by atoms with van der Waals surface area (Å²) in [6, 6.07) is 15.0. The second-order valence-electron chi connectivity index (χ2n) is 4.81. The Hall–Kier alpha value is -1.98. The Kier molecular flexibility index (Phi) is 5.11. The molecule has 4 nitrogen and oxygen atoms in total. The van der Waals surface area contributed by atoms with Gasteiger partial charge < -0.3 is 0 Å². The van der Waals surface area contributed by atoms with E-state index < -0.39 is 10.0 Å². The average molecular weight is 317 g/mol. The van der Waals surface area contributed by atoms with Crippen LogP contribution in [0.1, 0.15) is 29.8 Å². The highest BCUT2D eigenvalue weighted by Crippen LogP contribution is 2.17. The lowest BCUT2D eigenvalue weighted by Gasteiger charge is -2.18. The molecule has 0 heterocycles. The van der Waals surface area contributed by atoms with Crippen LogP contribution >= 0.6 is 0 Å². The third-order valence-corrected chi connectivity index (χ3v) is 5.56. The molecule has 5 heteroatoms. The van der Waals surface area contributed by atoms with Gasteiger partial charge in [0, 0.05) is 24.2 Å². The summed E-state index contributed by atoms with van der Waals surface area (Å²) in [5.74, 6) is -0.118. The Morgan fingerprint density at radius 1 is 0.864 bits per heavy atom. The van der Waals surface area contributed by atoms with E-state index in [1.54, 1.807) is 50.2 Å². The first-order chi connectivity index (χ1) is 10.5. The third-order valence-electron chi connectivity index (χ3n) is 3.50. The van der Waals surface area contributed by atoms with Crippen molar-refractivity contribution in [3.63, 3.8) is 0 Å². The van der Waals surface area contributed by atoms with Crippen LogP contribution in [-0.4, -0.2) is 31.6 Å². The number of carbonyl (C=O) groups is 1. The number of ketones is 1. The van der Waals surface area contributed by atoms with E-state index in [1.165, 1.54) is 16.4 Å². The van der Waals surface area contributed by atoms with Crippen molar-refractivity contribution in [3.05, 3.63) is 65.7 Å². The van der Waals surface area contributed by atoms with E-state index in [0.29, 0.717) is 24.2 Å². The highest BCUT2D eigenvalue weighted by atomic mass is 32.2. The van der Waals surface area contributed by atoms with Gasteiger partial charge in [-0.25, -0.2) is 8.42 Å². The molecular formula is C17H19NO3S. The normalized spacial score (nSPS) is 11.6. The second-order valence-corrected chi connectivity index (χ2v) is 6.75. The Labute approximate surface area is 131 Å². The third kappa shape index (κ3) is 3.26. The van der Waals surface area contributed by atoms with Crippen molar-refractivity contribution in [1.82, 2.24) is 4.31 Å². The standard InChI is InChI=1S/C17H19NO3S/c1-3-18(4-2)22(20,21)16-12-10-15(11-13-16)17(19)14-8-6-5-7-9-14/h5-13H,3-4H2,1-2H3. The van der Waals surface area contributed by atoms with E-state index in [2.05, 4.69) is 0 Å². The summed E-state index contributed by atoms with van der Waals surface area (Å²) in [7, 11) is -3.49. The molecule has 22 heavy (non-hydrogen) atoms. The average Bonchev–Trinajstić information content (AvgIpc) is 2.56. The predicted molar refractivity (Wildman–Crippen MR) is 86.4 cm³/mol. The van der Waals surface area contributed by atoms with Crippen molar-refractivity contribution >= 4 is 15.8 Å². The SMILES string of the molecule is CCN(CC)S(=O)(=O)c1ccc(C(=O)c2ccccc2)cc1. The predicted octanol–water partition coefficient (Wildman–Crippen LogP) is 2.95. The Morgan fingerprint density at radius 3 is 1.86 bits per heavy atom. The maximum absolute atomic E-state index is 12.4. The molecule has 0 saturated carbocycles. The van der Waals surface area contributed by atoms with Gasteiger partial charge in [0.2, 0.25) is 10.0 Å². The van der Waals surface area contributed by atoms with E-state index in [4.69, 9.17) is 0 Å². The summed E-state index contributed by atoms with van der Waals surface area (Å²) in [6.07, 6.45) is 0. The Bertz CT molecular complexity index is 733. The van der Waals surface area contributed by atoms with Gasteiger partial charge in [0.05, 0.1) is 4.90 Å². The molecule has 0 N–H and O–H groups in total. The van der Waals surface area contributed by atoms with Gasteiger partial charge in [-0.15, -0.1) is 0 Å². The van der Waals surface area contributed by atoms with E-state index in [0.717, 1.165) is 0 Å². The molecule has 0 spiro atoms. The summed E-state index contributed by atoms with van der Waals surface area (Å²) in [4.78, 5) is 12.5. The van der Waals surface area contributed by atoms with E-state index in [1.807, 2.05) is 6.07 Å². The van der Waals surface area contributed by atoms with Crippen molar-refractivity contribution in [1.29, 1.82) is 0 Å². The minimum absolute atomic E-state index is 0.118. The van der Waals surface area contributed by atoms with E-state index in [9.17, 15) is 13.2 Å². The van der Waals surface area contributed by atoms with Crippen molar-refractivity contribution in [2.45, 2.75) is 18.7 Å². The molecule has 0 aliphatic carbocycles. The molecule has 0 unspecified atom stereocenters. The maximum atomic E-state index is 12.4. The maximum Gasteiger partial charge on any atom is 0.243 e.